The minimum Gasteiger partial charge on any atom is -0.454 e. The molecule has 184 valence electrons. The Balaban J connectivity index is 1.36. The summed E-state index contributed by atoms with van der Waals surface area (Å²) in [4.78, 5) is 27.0. The van der Waals surface area contributed by atoms with Crippen LogP contribution in [0.3, 0.4) is 0 Å². The molecule has 0 bridgehead atoms. The van der Waals surface area contributed by atoms with E-state index in [9.17, 15) is 9.59 Å². The smallest absolute Gasteiger partial charge is 0.331 e. The quantitative estimate of drug-likeness (QED) is 0.262. The topological polar surface area (TPSA) is 77.6 Å². The molecule has 5 rings (SSSR count). The van der Waals surface area contributed by atoms with Crippen molar-refractivity contribution in [3.8, 4) is 17.1 Å². The molecule has 0 spiro atoms. The highest BCUT2D eigenvalue weighted by molar-refractivity contribution is 5.91. The van der Waals surface area contributed by atoms with Crippen molar-refractivity contribution in [2.45, 2.75) is 45.2 Å². The molecule has 0 saturated carbocycles. The Morgan fingerprint density at radius 2 is 1.78 bits per heavy atom. The predicted molar refractivity (Wildman–Crippen MR) is 138 cm³/mol. The third-order valence-corrected chi connectivity index (χ3v) is 6.64. The lowest BCUT2D eigenvalue weighted by Gasteiger charge is -2.38. The highest BCUT2D eigenvalue weighted by Crippen LogP contribution is 2.30. The number of benzene rings is 2. The lowest BCUT2D eigenvalue weighted by Crippen LogP contribution is -2.49. The van der Waals surface area contributed by atoms with Gasteiger partial charge in [-0.05, 0) is 63.5 Å². The van der Waals surface area contributed by atoms with Gasteiger partial charge in [0.1, 0.15) is 11.3 Å². The normalized spacial score (nSPS) is 18.1. The van der Waals surface area contributed by atoms with E-state index in [-0.39, 0.29) is 24.6 Å². The maximum absolute atomic E-state index is 12.7. The third-order valence-electron chi connectivity index (χ3n) is 6.64. The first-order valence-corrected chi connectivity index (χ1v) is 12.3. The van der Waals surface area contributed by atoms with Crippen LogP contribution < -0.4 is 0 Å². The van der Waals surface area contributed by atoms with Gasteiger partial charge in [-0.1, -0.05) is 36.4 Å². The Labute approximate surface area is 210 Å². The molecule has 36 heavy (non-hydrogen) atoms. The van der Waals surface area contributed by atoms with Crippen molar-refractivity contribution < 1.29 is 18.7 Å². The van der Waals surface area contributed by atoms with E-state index in [4.69, 9.17) is 14.3 Å². The standard InChI is InChI=1S/C29H29N3O4/c1-20-9-8-10-21(2)32(20)27(33)19-35-28(34)16-15-23-18-31(24-12-4-3-5-13-24)30-29(23)26-17-22-11-6-7-14-25(22)36-26/h3-7,11-18,20-21H,8-10,19H2,1-2H3. The van der Waals surface area contributed by atoms with Gasteiger partial charge in [0.2, 0.25) is 0 Å². The summed E-state index contributed by atoms with van der Waals surface area (Å²) in [7, 11) is 0. The number of aromatic nitrogens is 2. The Morgan fingerprint density at radius 3 is 2.53 bits per heavy atom. The van der Waals surface area contributed by atoms with E-state index in [1.807, 2.05) is 85.6 Å². The van der Waals surface area contributed by atoms with Crippen molar-refractivity contribution in [3.05, 3.63) is 78.5 Å². The molecule has 2 aromatic carbocycles. The number of esters is 1. The molecule has 0 N–H and O–H groups in total. The average molecular weight is 484 g/mol. The summed E-state index contributed by atoms with van der Waals surface area (Å²) in [6.45, 7) is 3.82. The number of para-hydroxylation sites is 2. The summed E-state index contributed by atoms with van der Waals surface area (Å²) in [5, 5.41) is 5.70. The summed E-state index contributed by atoms with van der Waals surface area (Å²) >= 11 is 0. The molecule has 2 atom stereocenters. The lowest BCUT2D eigenvalue weighted by molar-refractivity contribution is -0.151. The maximum Gasteiger partial charge on any atom is 0.331 e. The van der Waals surface area contributed by atoms with Gasteiger partial charge in [0.05, 0.1) is 5.69 Å². The number of piperidine rings is 1. The third kappa shape index (κ3) is 4.96. The average Bonchev–Trinajstić information content (AvgIpc) is 3.51. The van der Waals surface area contributed by atoms with E-state index >= 15 is 0 Å². The van der Waals surface area contributed by atoms with Crippen molar-refractivity contribution >= 4 is 28.9 Å². The molecule has 7 heteroatoms. The fraction of sp³-hybridized carbons (Fsp3) is 0.276. The van der Waals surface area contributed by atoms with Gasteiger partial charge in [0.15, 0.2) is 12.4 Å². The van der Waals surface area contributed by atoms with E-state index in [1.165, 1.54) is 6.08 Å². The van der Waals surface area contributed by atoms with Gasteiger partial charge in [0.25, 0.3) is 5.91 Å². The number of ether oxygens (including phenoxy) is 1. The number of hydrogen-bond donors (Lipinski definition) is 0. The Morgan fingerprint density at radius 1 is 1.06 bits per heavy atom. The van der Waals surface area contributed by atoms with Crippen LogP contribution in [-0.4, -0.2) is 45.2 Å². The molecule has 1 aliphatic rings. The van der Waals surface area contributed by atoms with E-state index in [2.05, 4.69) is 0 Å². The van der Waals surface area contributed by atoms with Crippen LogP contribution in [0, 0.1) is 0 Å². The van der Waals surface area contributed by atoms with Gasteiger partial charge in [-0.3, -0.25) is 4.79 Å². The van der Waals surface area contributed by atoms with Crippen molar-refractivity contribution in [1.82, 2.24) is 14.7 Å². The molecule has 4 aromatic rings. The van der Waals surface area contributed by atoms with Crippen LogP contribution in [0.4, 0.5) is 0 Å². The zero-order valence-corrected chi connectivity index (χ0v) is 20.5. The highest BCUT2D eigenvalue weighted by Gasteiger charge is 2.29. The number of fused-ring (bicyclic) bond motifs is 1. The number of furan rings is 1. The van der Waals surface area contributed by atoms with Gasteiger partial charge in [-0.15, -0.1) is 0 Å². The Bertz CT molecular complexity index is 1360. The lowest BCUT2D eigenvalue weighted by atomic mass is 9.97. The molecule has 1 amide bonds. The number of likely N-dealkylation sites (tertiary alicyclic amines) is 1. The first-order valence-electron chi connectivity index (χ1n) is 12.3. The van der Waals surface area contributed by atoms with Crippen LogP contribution in [0.2, 0.25) is 0 Å². The minimum atomic E-state index is -0.580. The molecule has 0 aliphatic carbocycles. The predicted octanol–water partition coefficient (Wildman–Crippen LogP) is 5.63. The van der Waals surface area contributed by atoms with Crippen molar-refractivity contribution in [1.29, 1.82) is 0 Å². The van der Waals surface area contributed by atoms with Crippen molar-refractivity contribution in [2.75, 3.05) is 6.61 Å². The number of nitrogens with zero attached hydrogens (tertiary/aromatic N) is 3. The van der Waals surface area contributed by atoms with E-state index in [0.29, 0.717) is 17.0 Å². The molecule has 1 aliphatic heterocycles. The van der Waals surface area contributed by atoms with Gasteiger partial charge >= 0.3 is 5.97 Å². The van der Waals surface area contributed by atoms with Crippen LogP contribution in [0.5, 0.6) is 0 Å². The van der Waals surface area contributed by atoms with Gasteiger partial charge in [-0.25, -0.2) is 9.48 Å². The van der Waals surface area contributed by atoms with E-state index in [0.717, 1.165) is 35.9 Å². The zero-order valence-electron chi connectivity index (χ0n) is 20.5. The van der Waals surface area contributed by atoms with Gasteiger partial charge in [0, 0.05) is 35.3 Å². The monoisotopic (exact) mass is 483 g/mol. The van der Waals surface area contributed by atoms with Crippen LogP contribution in [-0.2, 0) is 14.3 Å². The molecule has 1 fully saturated rings. The van der Waals surface area contributed by atoms with Gasteiger partial charge in [-0.2, -0.15) is 5.10 Å². The molecule has 7 nitrogen and oxygen atoms in total. The number of hydrogen-bond acceptors (Lipinski definition) is 5. The second-order valence-electron chi connectivity index (χ2n) is 9.23. The number of carbonyl (C=O) groups is 2. The maximum atomic E-state index is 12.7. The van der Waals surface area contributed by atoms with Crippen molar-refractivity contribution in [3.63, 3.8) is 0 Å². The second kappa shape index (κ2) is 10.2. The second-order valence-corrected chi connectivity index (χ2v) is 9.23. The van der Waals surface area contributed by atoms with E-state index < -0.39 is 5.97 Å². The Hall–Kier alpha value is -4.13. The summed E-state index contributed by atoms with van der Waals surface area (Å²) in [6.07, 6.45) is 7.87. The number of carbonyl (C=O) groups excluding carboxylic acids is 2. The molecule has 2 unspecified atom stereocenters. The summed E-state index contributed by atoms with van der Waals surface area (Å²) in [6, 6.07) is 19.7. The molecular formula is C29H29N3O4. The van der Waals surface area contributed by atoms with Crippen LogP contribution in [0.15, 0.2) is 77.4 Å². The Kier molecular flexibility index (Phi) is 6.71. The SMILES string of the molecule is CC1CCCC(C)N1C(=O)COC(=O)C=Cc1cn(-c2ccccc2)nc1-c1cc2ccccc2o1. The molecule has 1 saturated heterocycles. The van der Waals surface area contributed by atoms with Crippen LogP contribution in [0.1, 0.15) is 38.7 Å². The largest absolute Gasteiger partial charge is 0.454 e. The fourth-order valence-electron chi connectivity index (χ4n) is 4.84. The van der Waals surface area contributed by atoms with Crippen LogP contribution in [0.25, 0.3) is 34.2 Å². The minimum absolute atomic E-state index is 0.156. The summed E-state index contributed by atoms with van der Waals surface area (Å²) in [5.74, 6) is -0.137. The fourth-order valence-corrected chi connectivity index (χ4v) is 4.84. The molecule has 3 heterocycles. The highest BCUT2D eigenvalue weighted by atomic mass is 16.5. The van der Waals surface area contributed by atoms with E-state index in [1.54, 1.807) is 10.8 Å². The van der Waals surface area contributed by atoms with Crippen LogP contribution >= 0.6 is 0 Å². The number of rotatable bonds is 6. The van der Waals surface area contributed by atoms with Gasteiger partial charge < -0.3 is 14.1 Å². The number of amides is 1. The summed E-state index contributed by atoms with van der Waals surface area (Å²) in [5.41, 5.74) is 2.94. The first-order chi connectivity index (χ1) is 17.5. The molecular weight excluding hydrogens is 454 g/mol. The zero-order chi connectivity index (χ0) is 25.1. The molecule has 2 aromatic heterocycles. The summed E-state index contributed by atoms with van der Waals surface area (Å²) < 4.78 is 13.1. The first kappa shape index (κ1) is 23.6. The van der Waals surface area contributed by atoms with Crippen molar-refractivity contribution in [2.24, 2.45) is 0 Å². The molecule has 0 radical (unpaired) electrons.